The molecule has 1 aliphatic rings. The standard InChI is InChI=1S/C19H22N2O4/c1-23-16-5-2-14(3-6-16)8-9-20-19(22)13-21-15-4-7-17-18(12-15)25-11-10-24-17/h2-7,12,21H,8-11,13H2,1H3,(H,20,22). The van der Waals surface area contributed by atoms with Gasteiger partial charge >= 0.3 is 0 Å². The number of hydrogen-bond donors (Lipinski definition) is 2. The molecule has 25 heavy (non-hydrogen) atoms. The Kier molecular flexibility index (Phi) is 5.61. The molecule has 0 aliphatic carbocycles. The van der Waals surface area contributed by atoms with Gasteiger partial charge in [0.2, 0.25) is 5.91 Å². The molecule has 1 aliphatic heterocycles. The van der Waals surface area contributed by atoms with Crippen LogP contribution >= 0.6 is 0 Å². The van der Waals surface area contributed by atoms with Crippen molar-refractivity contribution in [3.8, 4) is 17.2 Å². The van der Waals surface area contributed by atoms with E-state index in [0.29, 0.717) is 25.5 Å². The van der Waals surface area contributed by atoms with Crippen molar-refractivity contribution < 1.29 is 19.0 Å². The minimum absolute atomic E-state index is 0.0524. The number of methoxy groups -OCH3 is 1. The number of fused-ring (bicyclic) bond motifs is 1. The van der Waals surface area contributed by atoms with Gasteiger partial charge in [-0.2, -0.15) is 0 Å². The van der Waals surface area contributed by atoms with Gasteiger partial charge in [-0.1, -0.05) is 12.1 Å². The van der Waals surface area contributed by atoms with Gasteiger partial charge in [-0.25, -0.2) is 0 Å². The Morgan fingerprint density at radius 1 is 1.08 bits per heavy atom. The summed E-state index contributed by atoms with van der Waals surface area (Å²) in [6, 6.07) is 13.4. The Morgan fingerprint density at radius 2 is 1.84 bits per heavy atom. The van der Waals surface area contributed by atoms with Crippen LogP contribution in [0.4, 0.5) is 5.69 Å². The van der Waals surface area contributed by atoms with Crippen molar-refractivity contribution in [1.82, 2.24) is 5.32 Å². The van der Waals surface area contributed by atoms with Crippen LogP contribution in [0, 0.1) is 0 Å². The molecule has 132 valence electrons. The summed E-state index contributed by atoms with van der Waals surface area (Å²) in [5, 5.41) is 6.00. The van der Waals surface area contributed by atoms with Gasteiger partial charge < -0.3 is 24.8 Å². The minimum atomic E-state index is -0.0524. The lowest BCUT2D eigenvalue weighted by atomic mass is 10.1. The third kappa shape index (κ3) is 4.79. The summed E-state index contributed by atoms with van der Waals surface area (Å²) in [7, 11) is 1.64. The zero-order valence-corrected chi connectivity index (χ0v) is 14.2. The second-order valence-electron chi connectivity index (χ2n) is 5.66. The molecule has 2 aromatic carbocycles. The fourth-order valence-corrected chi connectivity index (χ4v) is 2.54. The van der Waals surface area contributed by atoms with E-state index in [1.54, 1.807) is 7.11 Å². The molecule has 0 unspecified atom stereocenters. The molecule has 0 aromatic heterocycles. The first-order valence-corrected chi connectivity index (χ1v) is 8.28. The van der Waals surface area contributed by atoms with E-state index >= 15 is 0 Å². The lowest BCUT2D eigenvalue weighted by Crippen LogP contribution is -2.31. The van der Waals surface area contributed by atoms with E-state index in [1.165, 1.54) is 0 Å². The molecule has 6 heteroatoms. The smallest absolute Gasteiger partial charge is 0.239 e. The van der Waals surface area contributed by atoms with E-state index in [9.17, 15) is 4.79 Å². The first kappa shape index (κ1) is 17.0. The Labute approximate surface area is 147 Å². The topological polar surface area (TPSA) is 68.8 Å². The van der Waals surface area contributed by atoms with Crippen LogP contribution in [-0.4, -0.2) is 39.3 Å². The molecular formula is C19H22N2O4. The summed E-state index contributed by atoms with van der Waals surface area (Å²) >= 11 is 0. The van der Waals surface area contributed by atoms with Crippen molar-refractivity contribution >= 4 is 11.6 Å². The quantitative estimate of drug-likeness (QED) is 0.808. The van der Waals surface area contributed by atoms with Crippen molar-refractivity contribution in [3.63, 3.8) is 0 Å². The first-order chi connectivity index (χ1) is 12.2. The largest absolute Gasteiger partial charge is 0.497 e. The Hall–Kier alpha value is -2.89. The highest BCUT2D eigenvalue weighted by Gasteiger charge is 2.11. The van der Waals surface area contributed by atoms with Gasteiger partial charge in [0, 0.05) is 18.3 Å². The van der Waals surface area contributed by atoms with Crippen LogP contribution in [0.2, 0.25) is 0 Å². The van der Waals surface area contributed by atoms with E-state index in [2.05, 4.69) is 10.6 Å². The second kappa shape index (κ2) is 8.28. The average Bonchev–Trinajstić information content (AvgIpc) is 2.67. The van der Waals surface area contributed by atoms with E-state index in [-0.39, 0.29) is 12.5 Å². The zero-order chi connectivity index (χ0) is 17.5. The van der Waals surface area contributed by atoms with Crippen LogP contribution < -0.4 is 24.8 Å². The van der Waals surface area contributed by atoms with E-state index in [0.717, 1.165) is 29.2 Å². The van der Waals surface area contributed by atoms with E-state index < -0.39 is 0 Å². The summed E-state index contributed by atoms with van der Waals surface area (Å²) in [6.45, 7) is 1.91. The highest BCUT2D eigenvalue weighted by Crippen LogP contribution is 2.32. The predicted molar refractivity (Wildman–Crippen MR) is 95.6 cm³/mol. The minimum Gasteiger partial charge on any atom is -0.497 e. The number of anilines is 1. The van der Waals surface area contributed by atoms with Crippen LogP contribution in [0.1, 0.15) is 5.56 Å². The van der Waals surface area contributed by atoms with Gasteiger partial charge in [0.15, 0.2) is 11.5 Å². The number of carbonyl (C=O) groups is 1. The van der Waals surface area contributed by atoms with E-state index in [1.807, 2.05) is 42.5 Å². The van der Waals surface area contributed by atoms with E-state index in [4.69, 9.17) is 14.2 Å². The lowest BCUT2D eigenvalue weighted by molar-refractivity contribution is -0.119. The molecule has 0 saturated heterocycles. The molecule has 2 aromatic rings. The SMILES string of the molecule is COc1ccc(CCNC(=O)CNc2ccc3c(c2)OCCO3)cc1. The predicted octanol–water partition coefficient (Wildman–Crippen LogP) is 2.24. The zero-order valence-electron chi connectivity index (χ0n) is 14.2. The Bertz CT molecular complexity index is 716. The fourth-order valence-electron chi connectivity index (χ4n) is 2.54. The molecule has 0 fully saturated rings. The van der Waals surface area contributed by atoms with Crippen molar-refractivity contribution in [1.29, 1.82) is 0 Å². The molecule has 0 bridgehead atoms. The molecule has 0 saturated carbocycles. The van der Waals surface area contributed by atoms with Crippen molar-refractivity contribution in [2.45, 2.75) is 6.42 Å². The normalized spacial score (nSPS) is 12.4. The molecule has 1 heterocycles. The van der Waals surface area contributed by atoms with Crippen molar-refractivity contribution in [2.24, 2.45) is 0 Å². The molecule has 0 spiro atoms. The summed E-state index contributed by atoms with van der Waals surface area (Å²) in [4.78, 5) is 11.9. The lowest BCUT2D eigenvalue weighted by Gasteiger charge is -2.19. The molecular weight excluding hydrogens is 320 g/mol. The highest BCUT2D eigenvalue weighted by atomic mass is 16.6. The van der Waals surface area contributed by atoms with Crippen molar-refractivity contribution in [3.05, 3.63) is 48.0 Å². The highest BCUT2D eigenvalue weighted by molar-refractivity contribution is 5.80. The van der Waals surface area contributed by atoms with Gasteiger partial charge in [0.05, 0.1) is 13.7 Å². The van der Waals surface area contributed by atoms with Gasteiger partial charge in [-0.3, -0.25) is 4.79 Å². The van der Waals surface area contributed by atoms with Crippen LogP contribution in [0.15, 0.2) is 42.5 Å². The van der Waals surface area contributed by atoms with Crippen molar-refractivity contribution in [2.75, 3.05) is 38.7 Å². The van der Waals surface area contributed by atoms with Gasteiger partial charge in [-0.15, -0.1) is 0 Å². The fraction of sp³-hybridized carbons (Fsp3) is 0.316. The maximum absolute atomic E-state index is 11.9. The summed E-state index contributed by atoms with van der Waals surface area (Å²) in [6.07, 6.45) is 0.778. The monoisotopic (exact) mass is 342 g/mol. The number of benzene rings is 2. The summed E-state index contributed by atoms with van der Waals surface area (Å²) in [5.74, 6) is 2.22. The molecule has 6 nitrogen and oxygen atoms in total. The van der Waals surface area contributed by atoms with Crippen LogP contribution in [0.3, 0.4) is 0 Å². The molecule has 3 rings (SSSR count). The third-order valence-electron chi connectivity index (χ3n) is 3.89. The number of ether oxygens (including phenoxy) is 3. The van der Waals surface area contributed by atoms with Gasteiger partial charge in [0.1, 0.15) is 19.0 Å². The third-order valence-corrected chi connectivity index (χ3v) is 3.89. The van der Waals surface area contributed by atoms with Gasteiger partial charge in [0.25, 0.3) is 0 Å². The number of amides is 1. The molecule has 0 radical (unpaired) electrons. The Morgan fingerprint density at radius 3 is 2.60 bits per heavy atom. The summed E-state index contributed by atoms with van der Waals surface area (Å²) in [5.41, 5.74) is 1.98. The molecule has 2 N–H and O–H groups in total. The maximum Gasteiger partial charge on any atom is 0.239 e. The molecule has 1 amide bonds. The Balaban J connectivity index is 1.40. The number of nitrogens with one attached hydrogen (secondary N) is 2. The van der Waals surface area contributed by atoms with Crippen LogP contribution in [0.5, 0.6) is 17.2 Å². The average molecular weight is 342 g/mol. The number of hydrogen-bond acceptors (Lipinski definition) is 5. The van der Waals surface area contributed by atoms with Crippen LogP contribution in [-0.2, 0) is 11.2 Å². The number of carbonyl (C=O) groups excluding carboxylic acids is 1. The first-order valence-electron chi connectivity index (χ1n) is 8.28. The molecule has 0 atom stereocenters. The number of rotatable bonds is 7. The summed E-state index contributed by atoms with van der Waals surface area (Å²) < 4.78 is 16.1. The second-order valence-corrected chi connectivity index (χ2v) is 5.66. The maximum atomic E-state index is 11.9. The van der Waals surface area contributed by atoms with Crippen LogP contribution in [0.25, 0.3) is 0 Å². The van der Waals surface area contributed by atoms with Gasteiger partial charge in [-0.05, 0) is 36.2 Å².